The van der Waals surface area contributed by atoms with Gasteiger partial charge in [-0.3, -0.25) is 0 Å². The zero-order valence-corrected chi connectivity index (χ0v) is 10.8. The van der Waals surface area contributed by atoms with Crippen LogP contribution in [0.5, 0.6) is 0 Å². The zero-order chi connectivity index (χ0) is 13.1. The average molecular weight is 248 g/mol. The van der Waals surface area contributed by atoms with Gasteiger partial charge in [-0.05, 0) is 24.6 Å². The van der Waals surface area contributed by atoms with Gasteiger partial charge in [-0.1, -0.05) is 31.5 Å². The molecule has 3 heteroatoms. The van der Waals surface area contributed by atoms with E-state index in [0.29, 0.717) is 18.6 Å². The molecule has 0 radical (unpaired) electrons. The molecule has 0 aliphatic heterocycles. The topological polar surface area (TPSA) is 35.5 Å². The predicted octanol–water partition coefficient (Wildman–Crippen LogP) is 3.56. The van der Waals surface area contributed by atoms with Crippen LogP contribution in [-0.2, 0) is 9.47 Å². The summed E-state index contributed by atoms with van der Waals surface area (Å²) in [5.41, 5.74) is 0.584. The van der Waals surface area contributed by atoms with Gasteiger partial charge in [0.2, 0.25) is 0 Å². The zero-order valence-electron chi connectivity index (χ0n) is 10.8. The van der Waals surface area contributed by atoms with E-state index >= 15 is 0 Å². The predicted molar refractivity (Wildman–Crippen MR) is 71.3 cm³/mol. The van der Waals surface area contributed by atoms with E-state index in [1.165, 1.54) is 0 Å². The summed E-state index contributed by atoms with van der Waals surface area (Å²) in [5, 5.41) is 0. The van der Waals surface area contributed by atoms with Gasteiger partial charge in [0.05, 0.1) is 25.0 Å². The number of carbonyl (C=O) groups is 1. The first kappa shape index (κ1) is 14.3. The van der Waals surface area contributed by atoms with E-state index in [2.05, 4.69) is 6.92 Å². The van der Waals surface area contributed by atoms with E-state index in [1.54, 1.807) is 18.4 Å². The van der Waals surface area contributed by atoms with Crippen molar-refractivity contribution in [2.75, 3.05) is 13.2 Å². The number of hydrogen-bond donors (Lipinski definition) is 0. The molecule has 3 nitrogen and oxygen atoms in total. The normalized spacial score (nSPS) is 10.5. The summed E-state index contributed by atoms with van der Waals surface area (Å²) in [6.07, 6.45) is 6.40. The number of unbranched alkanes of at least 4 members (excludes halogenated alkanes) is 1. The third kappa shape index (κ3) is 6.09. The van der Waals surface area contributed by atoms with E-state index in [-0.39, 0.29) is 5.97 Å². The third-order valence-electron chi connectivity index (χ3n) is 2.34. The largest absolute Gasteiger partial charge is 0.502 e. The lowest BCUT2D eigenvalue weighted by Crippen LogP contribution is -2.05. The molecule has 0 heterocycles. The van der Waals surface area contributed by atoms with Crippen LogP contribution in [0, 0.1) is 0 Å². The molecular weight excluding hydrogens is 228 g/mol. The van der Waals surface area contributed by atoms with Crippen LogP contribution in [0.2, 0.25) is 0 Å². The Morgan fingerprint density at radius 3 is 2.72 bits per heavy atom. The molecule has 0 unspecified atom stereocenters. The molecule has 1 rings (SSSR count). The van der Waals surface area contributed by atoms with Crippen LogP contribution in [0.1, 0.15) is 36.5 Å². The van der Waals surface area contributed by atoms with Crippen molar-refractivity contribution in [3.63, 3.8) is 0 Å². The summed E-state index contributed by atoms with van der Waals surface area (Å²) in [5.74, 6) is -0.282. The van der Waals surface area contributed by atoms with Crippen molar-refractivity contribution >= 4 is 5.97 Å². The minimum Gasteiger partial charge on any atom is -0.502 e. The Hall–Kier alpha value is -1.77. The molecule has 18 heavy (non-hydrogen) atoms. The third-order valence-corrected chi connectivity index (χ3v) is 2.34. The second-order valence-electron chi connectivity index (χ2n) is 3.89. The summed E-state index contributed by atoms with van der Waals surface area (Å²) >= 11 is 0. The van der Waals surface area contributed by atoms with Crippen LogP contribution >= 0.6 is 0 Å². The Morgan fingerprint density at radius 1 is 1.22 bits per heavy atom. The highest BCUT2D eigenvalue weighted by atomic mass is 16.5. The number of esters is 1. The molecular formula is C15H20O3. The number of rotatable bonds is 8. The minimum absolute atomic E-state index is 0.282. The molecule has 0 spiro atoms. The SMILES string of the molecule is CCCCO/C=C\CCOC(=O)c1ccccc1. The van der Waals surface area contributed by atoms with Gasteiger partial charge in [0.15, 0.2) is 0 Å². The summed E-state index contributed by atoms with van der Waals surface area (Å²) < 4.78 is 10.4. The summed E-state index contributed by atoms with van der Waals surface area (Å²) in [6.45, 7) is 3.24. The molecule has 0 aliphatic carbocycles. The number of benzene rings is 1. The number of carbonyl (C=O) groups excluding carboxylic acids is 1. The van der Waals surface area contributed by atoms with Crippen molar-refractivity contribution in [3.8, 4) is 0 Å². The highest BCUT2D eigenvalue weighted by Gasteiger charge is 2.03. The Kier molecular flexibility index (Phi) is 7.37. The van der Waals surface area contributed by atoms with Crippen molar-refractivity contribution in [2.24, 2.45) is 0 Å². The van der Waals surface area contributed by atoms with E-state index in [1.807, 2.05) is 24.3 Å². The maximum Gasteiger partial charge on any atom is 0.338 e. The van der Waals surface area contributed by atoms with Gasteiger partial charge >= 0.3 is 5.97 Å². The number of hydrogen-bond acceptors (Lipinski definition) is 3. The van der Waals surface area contributed by atoms with Gasteiger partial charge < -0.3 is 9.47 Å². The molecule has 98 valence electrons. The average Bonchev–Trinajstić information content (AvgIpc) is 2.42. The summed E-state index contributed by atoms with van der Waals surface area (Å²) in [6, 6.07) is 8.99. The fourth-order valence-corrected chi connectivity index (χ4v) is 1.31. The number of ether oxygens (including phenoxy) is 2. The van der Waals surface area contributed by atoms with Crippen LogP contribution in [-0.4, -0.2) is 19.2 Å². The maximum atomic E-state index is 11.5. The van der Waals surface area contributed by atoms with Gasteiger partial charge in [-0.15, -0.1) is 0 Å². The van der Waals surface area contributed by atoms with E-state index in [4.69, 9.17) is 9.47 Å². The summed E-state index contributed by atoms with van der Waals surface area (Å²) in [4.78, 5) is 11.5. The first-order valence-corrected chi connectivity index (χ1v) is 6.33. The molecule has 0 aliphatic rings. The Morgan fingerprint density at radius 2 is 2.00 bits per heavy atom. The highest BCUT2D eigenvalue weighted by molar-refractivity contribution is 5.89. The molecule has 0 amide bonds. The lowest BCUT2D eigenvalue weighted by Gasteiger charge is -2.02. The van der Waals surface area contributed by atoms with Crippen LogP contribution in [0.4, 0.5) is 0 Å². The smallest absolute Gasteiger partial charge is 0.338 e. The quantitative estimate of drug-likeness (QED) is 0.401. The lowest BCUT2D eigenvalue weighted by atomic mass is 10.2. The summed E-state index contributed by atoms with van der Waals surface area (Å²) in [7, 11) is 0. The first-order valence-electron chi connectivity index (χ1n) is 6.33. The molecule has 0 saturated heterocycles. The van der Waals surface area contributed by atoms with E-state index in [9.17, 15) is 4.79 Å². The van der Waals surface area contributed by atoms with Gasteiger partial charge in [0.1, 0.15) is 0 Å². The van der Waals surface area contributed by atoms with Crippen LogP contribution in [0.15, 0.2) is 42.7 Å². The molecule has 0 atom stereocenters. The van der Waals surface area contributed by atoms with Gasteiger partial charge in [0.25, 0.3) is 0 Å². The maximum absolute atomic E-state index is 11.5. The molecule has 0 aromatic heterocycles. The molecule has 1 aromatic rings. The second kappa shape index (κ2) is 9.28. The van der Waals surface area contributed by atoms with Crippen molar-refractivity contribution in [1.29, 1.82) is 0 Å². The fourth-order valence-electron chi connectivity index (χ4n) is 1.31. The molecule has 0 saturated carbocycles. The Bertz CT molecular complexity index is 357. The van der Waals surface area contributed by atoms with Crippen LogP contribution in [0.3, 0.4) is 0 Å². The van der Waals surface area contributed by atoms with Gasteiger partial charge in [-0.2, -0.15) is 0 Å². The fraction of sp³-hybridized carbons (Fsp3) is 0.400. The van der Waals surface area contributed by atoms with Gasteiger partial charge in [-0.25, -0.2) is 4.79 Å². The molecule has 0 bridgehead atoms. The van der Waals surface area contributed by atoms with Crippen molar-refractivity contribution in [3.05, 3.63) is 48.2 Å². The first-order chi connectivity index (χ1) is 8.84. The van der Waals surface area contributed by atoms with Crippen molar-refractivity contribution in [1.82, 2.24) is 0 Å². The van der Waals surface area contributed by atoms with Gasteiger partial charge in [0, 0.05) is 6.42 Å². The van der Waals surface area contributed by atoms with Crippen molar-refractivity contribution < 1.29 is 14.3 Å². The van der Waals surface area contributed by atoms with E-state index in [0.717, 1.165) is 19.4 Å². The van der Waals surface area contributed by atoms with E-state index < -0.39 is 0 Å². The standard InChI is InChI=1S/C15H20O3/c1-2-3-11-17-12-7-8-13-18-15(16)14-9-5-4-6-10-14/h4-7,9-10,12H,2-3,8,11,13H2,1H3/b12-7-. The molecule has 1 aromatic carbocycles. The second-order valence-corrected chi connectivity index (χ2v) is 3.89. The van der Waals surface area contributed by atoms with Crippen LogP contribution < -0.4 is 0 Å². The highest BCUT2D eigenvalue weighted by Crippen LogP contribution is 2.01. The van der Waals surface area contributed by atoms with Crippen LogP contribution in [0.25, 0.3) is 0 Å². The monoisotopic (exact) mass is 248 g/mol. The lowest BCUT2D eigenvalue weighted by molar-refractivity contribution is 0.0511. The Labute approximate surface area is 108 Å². The molecule has 0 N–H and O–H groups in total. The minimum atomic E-state index is -0.282. The Balaban J connectivity index is 2.09. The van der Waals surface area contributed by atoms with Crippen molar-refractivity contribution in [2.45, 2.75) is 26.2 Å². The molecule has 0 fully saturated rings.